The van der Waals surface area contributed by atoms with Gasteiger partial charge in [0.2, 0.25) is 0 Å². The number of oxazole rings is 1. The molecule has 0 amide bonds. The predicted octanol–water partition coefficient (Wildman–Crippen LogP) is 2.71. The monoisotopic (exact) mass is 285 g/mol. The third kappa shape index (κ3) is 2.52. The van der Waals surface area contributed by atoms with Gasteiger partial charge in [-0.25, -0.2) is 4.98 Å². The van der Waals surface area contributed by atoms with Gasteiger partial charge >= 0.3 is 5.97 Å². The molecule has 6 heteroatoms. The molecule has 1 N–H and O–H groups in total. The predicted molar refractivity (Wildman–Crippen MR) is 57.9 cm³/mol. The second-order valence-electron chi connectivity index (χ2n) is 3.12. The van der Waals surface area contributed by atoms with Crippen LogP contribution in [0, 0.1) is 0 Å². The van der Waals surface area contributed by atoms with E-state index in [1.54, 1.807) is 12.1 Å². The fraction of sp³-hybridized carbons (Fsp3) is 0.200. The summed E-state index contributed by atoms with van der Waals surface area (Å²) in [5, 5.41) is 8.51. The normalized spacial score (nSPS) is 10.6. The number of halogens is 1. The first-order valence-corrected chi connectivity index (χ1v) is 5.36. The Morgan fingerprint density at radius 3 is 2.81 bits per heavy atom. The van der Waals surface area contributed by atoms with Gasteiger partial charge in [0.1, 0.15) is 0 Å². The minimum absolute atomic E-state index is 0.00179. The summed E-state index contributed by atoms with van der Waals surface area (Å²) in [7, 11) is 0. The first kappa shape index (κ1) is 10.9. The molecule has 0 aliphatic carbocycles. The number of nitrogens with zero attached hydrogens (tertiary/aromatic N) is 1. The number of rotatable bonds is 4. The van der Waals surface area contributed by atoms with E-state index in [-0.39, 0.29) is 12.8 Å². The highest BCUT2D eigenvalue weighted by Crippen LogP contribution is 2.25. The molecule has 5 nitrogen and oxygen atoms in total. The van der Waals surface area contributed by atoms with Crippen LogP contribution in [0.1, 0.15) is 12.3 Å². The van der Waals surface area contributed by atoms with Crippen LogP contribution in [0.25, 0.3) is 11.5 Å². The number of aromatic nitrogens is 1. The number of aliphatic carboxylic acids is 1. The molecule has 0 aliphatic heterocycles. The van der Waals surface area contributed by atoms with E-state index >= 15 is 0 Å². The highest BCUT2D eigenvalue weighted by Gasteiger charge is 2.10. The van der Waals surface area contributed by atoms with Crippen molar-refractivity contribution in [1.29, 1.82) is 0 Å². The van der Waals surface area contributed by atoms with Gasteiger partial charge in [-0.3, -0.25) is 4.79 Å². The molecule has 0 fully saturated rings. The molecular formula is C10H8BrNO4. The average molecular weight is 286 g/mol. The van der Waals surface area contributed by atoms with E-state index in [0.717, 1.165) is 0 Å². The highest BCUT2D eigenvalue weighted by molar-refractivity contribution is 9.10. The fourth-order valence-electron chi connectivity index (χ4n) is 1.20. The lowest BCUT2D eigenvalue weighted by molar-refractivity contribution is -0.137. The molecule has 0 bridgehead atoms. The van der Waals surface area contributed by atoms with Crippen LogP contribution >= 0.6 is 15.9 Å². The van der Waals surface area contributed by atoms with Crippen molar-refractivity contribution in [2.24, 2.45) is 0 Å². The first-order valence-electron chi connectivity index (χ1n) is 4.57. The van der Waals surface area contributed by atoms with E-state index in [1.807, 2.05) is 0 Å². The molecular weight excluding hydrogens is 278 g/mol. The largest absolute Gasteiger partial charge is 0.481 e. The van der Waals surface area contributed by atoms with Crippen molar-refractivity contribution in [3.8, 4) is 11.5 Å². The van der Waals surface area contributed by atoms with E-state index < -0.39 is 5.97 Å². The van der Waals surface area contributed by atoms with E-state index in [2.05, 4.69) is 20.9 Å². The van der Waals surface area contributed by atoms with Crippen LogP contribution < -0.4 is 0 Å². The molecule has 2 aromatic rings. The summed E-state index contributed by atoms with van der Waals surface area (Å²) in [5.41, 5.74) is 0. The zero-order chi connectivity index (χ0) is 11.5. The molecule has 0 aromatic carbocycles. The zero-order valence-corrected chi connectivity index (χ0v) is 9.73. The van der Waals surface area contributed by atoms with Gasteiger partial charge in [-0.15, -0.1) is 0 Å². The number of carbonyl (C=O) groups is 1. The summed E-state index contributed by atoms with van der Waals surface area (Å²) in [5.74, 6) is 0.567. The number of furan rings is 1. The van der Waals surface area contributed by atoms with E-state index in [1.165, 1.54) is 6.20 Å². The summed E-state index contributed by atoms with van der Waals surface area (Å²) in [6.45, 7) is 0. The quantitative estimate of drug-likeness (QED) is 0.935. The maximum Gasteiger partial charge on any atom is 0.303 e. The number of hydrogen-bond donors (Lipinski definition) is 1. The van der Waals surface area contributed by atoms with Crippen LogP contribution in [0.15, 0.2) is 31.8 Å². The molecule has 0 atom stereocenters. The third-order valence-electron chi connectivity index (χ3n) is 1.92. The van der Waals surface area contributed by atoms with Crippen molar-refractivity contribution in [2.75, 3.05) is 0 Å². The Hall–Kier alpha value is -1.56. The fourth-order valence-corrected chi connectivity index (χ4v) is 1.51. The maximum absolute atomic E-state index is 10.4. The average Bonchev–Trinajstić information content (AvgIpc) is 2.83. The second kappa shape index (κ2) is 4.52. The zero-order valence-electron chi connectivity index (χ0n) is 8.14. The number of carboxylic acids is 1. The summed E-state index contributed by atoms with van der Waals surface area (Å²) in [4.78, 5) is 14.3. The molecule has 0 spiro atoms. The Balaban J connectivity index is 2.10. The van der Waals surface area contributed by atoms with E-state index in [0.29, 0.717) is 22.1 Å². The summed E-state index contributed by atoms with van der Waals surface area (Å²) in [6.07, 6.45) is 1.79. The molecule has 0 saturated carbocycles. The van der Waals surface area contributed by atoms with Crippen molar-refractivity contribution >= 4 is 21.9 Å². The molecule has 0 unspecified atom stereocenters. The van der Waals surface area contributed by atoms with Gasteiger partial charge in [0.05, 0.1) is 12.6 Å². The molecule has 0 saturated heterocycles. The minimum atomic E-state index is -0.875. The van der Waals surface area contributed by atoms with Crippen molar-refractivity contribution in [1.82, 2.24) is 4.98 Å². The first-order chi connectivity index (χ1) is 7.65. The Labute approximate surface area is 99.2 Å². The molecule has 0 radical (unpaired) electrons. The lowest BCUT2D eigenvalue weighted by Gasteiger charge is -1.91. The maximum atomic E-state index is 10.4. The Morgan fingerprint density at radius 2 is 2.19 bits per heavy atom. The number of hydrogen-bond acceptors (Lipinski definition) is 4. The van der Waals surface area contributed by atoms with Crippen molar-refractivity contribution in [3.05, 3.63) is 28.9 Å². The third-order valence-corrected chi connectivity index (χ3v) is 2.35. The Morgan fingerprint density at radius 1 is 1.38 bits per heavy atom. The SMILES string of the molecule is O=C(O)CCc1ncc(-c2ccc(Br)o2)o1. The number of carboxylic acid groups (broad SMARTS) is 1. The minimum Gasteiger partial charge on any atom is -0.481 e. The van der Waals surface area contributed by atoms with Gasteiger partial charge in [0.15, 0.2) is 22.1 Å². The standard InChI is InChI=1S/C10H8BrNO4/c11-8-2-1-6(15-8)7-5-12-9(16-7)3-4-10(13)14/h1-2,5H,3-4H2,(H,13,14). The van der Waals surface area contributed by atoms with E-state index in [4.69, 9.17) is 13.9 Å². The lowest BCUT2D eigenvalue weighted by Crippen LogP contribution is -1.97. The number of aryl methyl sites for hydroxylation is 1. The van der Waals surface area contributed by atoms with Crippen LogP contribution in [-0.4, -0.2) is 16.1 Å². The molecule has 84 valence electrons. The van der Waals surface area contributed by atoms with Crippen LogP contribution in [-0.2, 0) is 11.2 Å². The molecule has 2 heterocycles. The summed E-state index contributed by atoms with van der Waals surface area (Å²) < 4.78 is 11.2. The van der Waals surface area contributed by atoms with Crippen LogP contribution in [0.2, 0.25) is 0 Å². The van der Waals surface area contributed by atoms with Gasteiger partial charge in [-0.2, -0.15) is 0 Å². The smallest absolute Gasteiger partial charge is 0.303 e. The van der Waals surface area contributed by atoms with Crippen molar-refractivity contribution < 1.29 is 18.7 Å². The molecule has 2 aromatic heterocycles. The molecule has 2 rings (SSSR count). The summed E-state index contributed by atoms with van der Waals surface area (Å²) >= 11 is 3.18. The summed E-state index contributed by atoms with van der Waals surface area (Å²) in [6, 6.07) is 3.49. The van der Waals surface area contributed by atoms with Crippen molar-refractivity contribution in [2.45, 2.75) is 12.8 Å². The van der Waals surface area contributed by atoms with Gasteiger partial charge in [-0.1, -0.05) is 0 Å². The van der Waals surface area contributed by atoms with Gasteiger partial charge in [0.25, 0.3) is 0 Å². The Bertz CT molecular complexity index is 502. The highest BCUT2D eigenvalue weighted by atomic mass is 79.9. The topological polar surface area (TPSA) is 76.5 Å². The molecule has 16 heavy (non-hydrogen) atoms. The van der Waals surface area contributed by atoms with Crippen molar-refractivity contribution in [3.63, 3.8) is 0 Å². The van der Waals surface area contributed by atoms with Crippen LogP contribution in [0.5, 0.6) is 0 Å². The van der Waals surface area contributed by atoms with Crippen LogP contribution in [0.3, 0.4) is 0 Å². The second-order valence-corrected chi connectivity index (χ2v) is 3.90. The van der Waals surface area contributed by atoms with Gasteiger partial charge in [-0.05, 0) is 28.1 Å². The van der Waals surface area contributed by atoms with Gasteiger partial charge in [0, 0.05) is 6.42 Å². The van der Waals surface area contributed by atoms with Gasteiger partial charge < -0.3 is 13.9 Å². The van der Waals surface area contributed by atoms with Crippen LogP contribution in [0.4, 0.5) is 0 Å². The molecule has 0 aliphatic rings. The lowest BCUT2D eigenvalue weighted by atomic mass is 10.3. The Kier molecular flexibility index (Phi) is 3.09. The van der Waals surface area contributed by atoms with E-state index in [9.17, 15) is 4.79 Å².